The van der Waals surface area contributed by atoms with Crippen molar-refractivity contribution < 1.29 is 4.74 Å². The molecule has 1 aromatic rings. The van der Waals surface area contributed by atoms with Crippen LogP contribution in [0.15, 0.2) is 12.1 Å². The number of unbranched alkanes of at least 4 members (excludes halogenated alkanes) is 3. The molecule has 1 N–H and O–H groups in total. The minimum Gasteiger partial charge on any atom is -0.487 e. The van der Waals surface area contributed by atoms with Crippen molar-refractivity contribution in [3.05, 3.63) is 28.8 Å². The molecule has 0 saturated carbocycles. The van der Waals surface area contributed by atoms with Gasteiger partial charge in [0.2, 0.25) is 0 Å². The predicted molar refractivity (Wildman–Crippen MR) is 94.7 cm³/mol. The van der Waals surface area contributed by atoms with Gasteiger partial charge in [0.25, 0.3) is 0 Å². The maximum Gasteiger partial charge on any atom is 0.128 e. The highest BCUT2D eigenvalue weighted by molar-refractivity contribution is 5.48. The number of hydrogen-bond donors (Lipinski definition) is 1. The van der Waals surface area contributed by atoms with E-state index >= 15 is 0 Å². The first-order chi connectivity index (χ1) is 10.5. The maximum absolute atomic E-state index is 6.42. The lowest BCUT2D eigenvalue weighted by atomic mass is 9.85. The van der Waals surface area contributed by atoms with Crippen molar-refractivity contribution in [1.82, 2.24) is 5.32 Å². The van der Waals surface area contributed by atoms with E-state index in [0.717, 1.165) is 25.1 Å². The second-order valence-electron chi connectivity index (χ2n) is 7.10. The highest BCUT2D eigenvalue weighted by Crippen LogP contribution is 2.43. The van der Waals surface area contributed by atoms with Crippen molar-refractivity contribution >= 4 is 0 Å². The molecule has 0 fully saturated rings. The van der Waals surface area contributed by atoms with Crippen LogP contribution in [0.5, 0.6) is 5.75 Å². The Kier molecular flexibility index (Phi) is 5.91. The summed E-state index contributed by atoms with van der Waals surface area (Å²) in [5, 5.41) is 3.79. The van der Waals surface area contributed by atoms with Crippen LogP contribution in [0.25, 0.3) is 0 Å². The van der Waals surface area contributed by atoms with E-state index in [1.165, 1.54) is 42.4 Å². The molecule has 1 aliphatic heterocycles. The Labute approximate surface area is 136 Å². The second-order valence-corrected chi connectivity index (χ2v) is 7.10. The molecule has 2 nitrogen and oxygen atoms in total. The highest BCUT2D eigenvalue weighted by Gasteiger charge is 2.36. The van der Waals surface area contributed by atoms with Gasteiger partial charge in [0.15, 0.2) is 0 Å². The Hall–Kier alpha value is -1.02. The van der Waals surface area contributed by atoms with Crippen LogP contribution in [-0.4, -0.2) is 12.1 Å². The van der Waals surface area contributed by atoms with Gasteiger partial charge in [-0.05, 0) is 51.3 Å². The van der Waals surface area contributed by atoms with Gasteiger partial charge in [-0.15, -0.1) is 0 Å². The summed E-state index contributed by atoms with van der Waals surface area (Å²) in [6.45, 7) is 12.2. The molecule has 0 spiro atoms. The van der Waals surface area contributed by atoms with Crippen molar-refractivity contribution in [2.75, 3.05) is 6.54 Å². The van der Waals surface area contributed by atoms with Crippen molar-refractivity contribution in [3.63, 3.8) is 0 Å². The third-order valence-electron chi connectivity index (χ3n) is 5.24. The molecule has 22 heavy (non-hydrogen) atoms. The molecule has 1 heterocycles. The number of nitrogens with one attached hydrogen (secondary N) is 1. The normalized spacial score (nSPS) is 24.0. The van der Waals surface area contributed by atoms with Crippen LogP contribution in [0.1, 0.15) is 82.0 Å². The third-order valence-corrected chi connectivity index (χ3v) is 5.24. The fourth-order valence-corrected chi connectivity index (χ4v) is 3.28. The SMILES string of the molecule is CCCCCCNC1CC(C)(CC)Oc2c1ccc(C)c2C. The average Bonchev–Trinajstić information content (AvgIpc) is 2.51. The van der Waals surface area contributed by atoms with Gasteiger partial charge in [0, 0.05) is 18.0 Å². The van der Waals surface area contributed by atoms with E-state index in [1.54, 1.807) is 0 Å². The van der Waals surface area contributed by atoms with E-state index in [1.807, 2.05) is 0 Å². The molecular weight excluding hydrogens is 270 g/mol. The average molecular weight is 303 g/mol. The largest absolute Gasteiger partial charge is 0.487 e. The van der Waals surface area contributed by atoms with Gasteiger partial charge < -0.3 is 10.1 Å². The van der Waals surface area contributed by atoms with Crippen molar-refractivity contribution in [1.29, 1.82) is 0 Å². The van der Waals surface area contributed by atoms with E-state index in [0.29, 0.717) is 6.04 Å². The van der Waals surface area contributed by atoms with Crippen LogP contribution < -0.4 is 10.1 Å². The Morgan fingerprint density at radius 1 is 1.18 bits per heavy atom. The molecule has 124 valence electrons. The first kappa shape index (κ1) is 17.3. The van der Waals surface area contributed by atoms with Crippen LogP contribution in [0.4, 0.5) is 0 Å². The molecule has 2 heteroatoms. The van der Waals surface area contributed by atoms with Crippen molar-refractivity contribution in [2.24, 2.45) is 0 Å². The molecule has 2 unspecified atom stereocenters. The lowest BCUT2D eigenvalue weighted by Crippen LogP contribution is -2.42. The molecule has 2 rings (SSSR count). The summed E-state index contributed by atoms with van der Waals surface area (Å²) < 4.78 is 6.42. The van der Waals surface area contributed by atoms with E-state index in [9.17, 15) is 0 Å². The van der Waals surface area contributed by atoms with E-state index < -0.39 is 0 Å². The maximum atomic E-state index is 6.42. The monoisotopic (exact) mass is 303 g/mol. The molecule has 0 aromatic heterocycles. The number of rotatable bonds is 7. The lowest BCUT2D eigenvalue weighted by molar-refractivity contribution is 0.0433. The van der Waals surface area contributed by atoms with Crippen LogP contribution in [0.2, 0.25) is 0 Å². The highest BCUT2D eigenvalue weighted by atomic mass is 16.5. The first-order valence-corrected chi connectivity index (χ1v) is 9.03. The van der Waals surface area contributed by atoms with E-state index in [2.05, 4.69) is 52.1 Å². The summed E-state index contributed by atoms with van der Waals surface area (Å²) in [4.78, 5) is 0. The fraction of sp³-hybridized carbons (Fsp3) is 0.700. The number of benzene rings is 1. The predicted octanol–water partition coefficient (Wildman–Crippen LogP) is 5.47. The van der Waals surface area contributed by atoms with Gasteiger partial charge in [-0.3, -0.25) is 0 Å². The first-order valence-electron chi connectivity index (χ1n) is 9.03. The summed E-state index contributed by atoms with van der Waals surface area (Å²) in [5.74, 6) is 1.13. The molecule has 1 aliphatic rings. The zero-order valence-corrected chi connectivity index (χ0v) is 15.1. The van der Waals surface area contributed by atoms with Gasteiger partial charge in [-0.1, -0.05) is 45.2 Å². The Morgan fingerprint density at radius 2 is 1.95 bits per heavy atom. The molecule has 0 bridgehead atoms. The lowest BCUT2D eigenvalue weighted by Gasteiger charge is -2.41. The number of hydrogen-bond acceptors (Lipinski definition) is 2. The van der Waals surface area contributed by atoms with Gasteiger partial charge in [-0.25, -0.2) is 0 Å². The Morgan fingerprint density at radius 3 is 2.64 bits per heavy atom. The molecule has 0 aliphatic carbocycles. The topological polar surface area (TPSA) is 21.3 Å². The van der Waals surface area contributed by atoms with Crippen molar-refractivity contribution in [3.8, 4) is 5.75 Å². The minimum absolute atomic E-state index is 0.0490. The molecular formula is C20H33NO. The second kappa shape index (κ2) is 7.50. The third kappa shape index (κ3) is 3.84. The zero-order valence-electron chi connectivity index (χ0n) is 15.1. The quantitative estimate of drug-likeness (QED) is 0.675. The standard InChI is InChI=1S/C20H33NO/c1-6-8-9-10-13-21-18-14-20(5,7-2)22-19-16(4)15(3)11-12-17(18)19/h11-12,18,21H,6-10,13-14H2,1-5H3. The molecule has 2 atom stereocenters. The smallest absolute Gasteiger partial charge is 0.128 e. The fourth-order valence-electron chi connectivity index (χ4n) is 3.28. The molecule has 1 aromatic carbocycles. The zero-order chi connectivity index (χ0) is 16.2. The number of aryl methyl sites for hydroxylation is 1. The van der Waals surface area contributed by atoms with Gasteiger partial charge in [0.05, 0.1) is 0 Å². The van der Waals surface area contributed by atoms with Crippen molar-refractivity contribution in [2.45, 2.75) is 84.8 Å². The van der Waals surface area contributed by atoms with Crippen LogP contribution >= 0.6 is 0 Å². The summed E-state index contributed by atoms with van der Waals surface area (Å²) in [6, 6.07) is 4.92. The van der Waals surface area contributed by atoms with Gasteiger partial charge in [-0.2, -0.15) is 0 Å². The van der Waals surface area contributed by atoms with E-state index in [4.69, 9.17) is 4.74 Å². The number of fused-ring (bicyclic) bond motifs is 1. The minimum atomic E-state index is -0.0490. The Bertz CT molecular complexity index is 497. The summed E-state index contributed by atoms with van der Waals surface area (Å²) in [6.07, 6.45) is 7.36. The summed E-state index contributed by atoms with van der Waals surface area (Å²) in [5.41, 5.74) is 3.92. The molecule has 0 saturated heterocycles. The van der Waals surface area contributed by atoms with E-state index in [-0.39, 0.29) is 5.60 Å². The molecule has 0 amide bonds. The van der Waals surface area contributed by atoms with Crippen LogP contribution in [-0.2, 0) is 0 Å². The summed E-state index contributed by atoms with van der Waals surface area (Å²) >= 11 is 0. The summed E-state index contributed by atoms with van der Waals surface area (Å²) in [7, 11) is 0. The van der Waals surface area contributed by atoms with Gasteiger partial charge >= 0.3 is 0 Å². The number of ether oxygens (including phenoxy) is 1. The van der Waals surface area contributed by atoms with Gasteiger partial charge in [0.1, 0.15) is 11.4 Å². The Balaban J connectivity index is 2.14. The molecule has 0 radical (unpaired) electrons. The van der Waals surface area contributed by atoms with Crippen LogP contribution in [0, 0.1) is 13.8 Å². The van der Waals surface area contributed by atoms with Crippen LogP contribution in [0.3, 0.4) is 0 Å².